The second-order valence-corrected chi connectivity index (χ2v) is 4.49. The summed E-state index contributed by atoms with van der Waals surface area (Å²) in [6.07, 6.45) is 5.55. The Labute approximate surface area is 108 Å². The van der Waals surface area contributed by atoms with Crippen LogP contribution in [0.5, 0.6) is 0 Å². The molecule has 0 saturated heterocycles. The summed E-state index contributed by atoms with van der Waals surface area (Å²) in [5, 5.41) is 4.14. The maximum Gasteiger partial charge on any atom is 0.186 e. The number of carbonyl (C=O) groups is 1. The van der Waals surface area contributed by atoms with Gasteiger partial charge in [0, 0.05) is 29.8 Å². The third kappa shape index (κ3) is 2.79. The summed E-state index contributed by atoms with van der Waals surface area (Å²) < 4.78 is 2.53. The van der Waals surface area contributed by atoms with Gasteiger partial charge >= 0.3 is 0 Å². The highest BCUT2D eigenvalue weighted by molar-refractivity contribution is 9.10. The molecule has 0 atom stereocenters. The molecule has 2 rings (SSSR count). The van der Waals surface area contributed by atoms with E-state index in [1.807, 2.05) is 19.2 Å². The van der Waals surface area contributed by atoms with Crippen molar-refractivity contribution in [2.24, 2.45) is 0 Å². The third-order valence-electron chi connectivity index (χ3n) is 2.40. The smallest absolute Gasteiger partial charge is 0.186 e. The lowest BCUT2D eigenvalue weighted by molar-refractivity contribution is 0.0987. The fourth-order valence-electron chi connectivity index (χ4n) is 1.53. The number of ketones is 1. The lowest BCUT2D eigenvalue weighted by Crippen LogP contribution is -2.06. The highest BCUT2D eigenvalue weighted by Crippen LogP contribution is 2.15. The zero-order valence-corrected chi connectivity index (χ0v) is 11.0. The van der Waals surface area contributed by atoms with Crippen LogP contribution in [0.2, 0.25) is 0 Å². The standard InChI is InChI=1S/C12H12BrN3O/c1-2-16-8-9(7-15-16)6-11(17)12-10(13)4-3-5-14-12/h3-5,7-8H,2,6H2,1H3. The van der Waals surface area contributed by atoms with Gasteiger partial charge in [-0.25, -0.2) is 0 Å². The van der Waals surface area contributed by atoms with Gasteiger partial charge in [0.25, 0.3) is 0 Å². The molecule has 88 valence electrons. The van der Waals surface area contributed by atoms with E-state index in [-0.39, 0.29) is 5.78 Å². The van der Waals surface area contributed by atoms with Crippen molar-refractivity contribution >= 4 is 21.7 Å². The third-order valence-corrected chi connectivity index (χ3v) is 3.04. The molecule has 4 nitrogen and oxygen atoms in total. The Bertz CT molecular complexity index is 536. The molecule has 5 heteroatoms. The van der Waals surface area contributed by atoms with Crippen LogP contribution in [0.4, 0.5) is 0 Å². The van der Waals surface area contributed by atoms with Gasteiger partial charge in [0.2, 0.25) is 0 Å². The largest absolute Gasteiger partial charge is 0.292 e. The van der Waals surface area contributed by atoms with E-state index in [0.717, 1.165) is 16.6 Å². The highest BCUT2D eigenvalue weighted by Gasteiger charge is 2.12. The van der Waals surface area contributed by atoms with Crippen LogP contribution in [0.1, 0.15) is 23.0 Å². The monoisotopic (exact) mass is 293 g/mol. The summed E-state index contributed by atoms with van der Waals surface area (Å²) in [5.74, 6) is -0.00636. The molecule has 0 aromatic carbocycles. The van der Waals surface area contributed by atoms with Crippen molar-refractivity contribution in [2.45, 2.75) is 19.9 Å². The predicted molar refractivity (Wildman–Crippen MR) is 67.9 cm³/mol. The average molecular weight is 294 g/mol. The molecule has 0 spiro atoms. The molecule has 0 saturated carbocycles. The van der Waals surface area contributed by atoms with Crippen molar-refractivity contribution in [3.05, 3.63) is 46.5 Å². The lowest BCUT2D eigenvalue weighted by Gasteiger charge is -2.00. The molecule has 0 amide bonds. The maximum absolute atomic E-state index is 12.0. The molecule has 0 N–H and O–H groups in total. The molecule has 0 aliphatic heterocycles. The molecule has 0 unspecified atom stereocenters. The van der Waals surface area contributed by atoms with Crippen molar-refractivity contribution in [1.29, 1.82) is 0 Å². The zero-order chi connectivity index (χ0) is 12.3. The van der Waals surface area contributed by atoms with Crippen LogP contribution in [0.15, 0.2) is 35.2 Å². The molecule has 0 aliphatic carbocycles. The first-order valence-electron chi connectivity index (χ1n) is 5.35. The van der Waals surface area contributed by atoms with Gasteiger partial charge in [-0.1, -0.05) is 0 Å². The summed E-state index contributed by atoms with van der Waals surface area (Å²) >= 11 is 3.32. The van der Waals surface area contributed by atoms with Crippen molar-refractivity contribution in [3.8, 4) is 0 Å². The minimum Gasteiger partial charge on any atom is -0.292 e. The Morgan fingerprint density at radius 3 is 3.00 bits per heavy atom. The summed E-state index contributed by atoms with van der Waals surface area (Å²) in [4.78, 5) is 16.1. The Morgan fingerprint density at radius 1 is 1.53 bits per heavy atom. The molecular formula is C12H12BrN3O. The van der Waals surface area contributed by atoms with E-state index in [1.54, 1.807) is 23.1 Å². The SMILES string of the molecule is CCn1cc(CC(=O)c2ncccc2Br)cn1. The van der Waals surface area contributed by atoms with Gasteiger partial charge in [0.1, 0.15) is 5.69 Å². The zero-order valence-electron chi connectivity index (χ0n) is 9.43. The van der Waals surface area contributed by atoms with Gasteiger partial charge in [0.05, 0.1) is 6.20 Å². The molecule has 0 fully saturated rings. The Hall–Kier alpha value is -1.49. The van der Waals surface area contributed by atoms with Gasteiger partial charge in [-0.3, -0.25) is 14.5 Å². The van der Waals surface area contributed by atoms with E-state index in [2.05, 4.69) is 26.0 Å². The number of pyridine rings is 1. The van der Waals surface area contributed by atoms with E-state index in [0.29, 0.717) is 12.1 Å². The Balaban J connectivity index is 2.14. The van der Waals surface area contributed by atoms with Crippen molar-refractivity contribution < 1.29 is 4.79 Å². The fourth-order valence-corrected chi connectivity index (χ4v) is 2.01. The van der Waals surface area contributed by atoms with Crippen LogP contribution in [-0.2, 0) is 13.0 Å². The topological polar surface area (TPSA) is 47.8 Å². The number of rotatable bonds is 4. The quantitative estimate of drug-likeness (QED) is 0.814. The van der Waals surface area contributed by atoms with Crippen LogP contribution in [-0.4, -0.2) is 20.5 Å². The number of hydrogen-bond donors (Lipinski definition) is 0. The van der Waals surface area contributed by atoms with Gasteiger partial charge in [-0.05, 0) is 40.5 Å². The predicted octanol–water partition coefficient (Wildman–Crippen LogP) is 2.49. The van der Waals surface area contributed by atoms with Crippen molar-refractivity contribution in [1.82, 2.24) is 14.8 Å². The summed E-state index contributed by atoms with van der Waals surface area (Å²) in [6, 6.07) is 3.60. The van der Waals surface area contributed by atoms with Crippen molar-refractivity contribution in [2.75, 3.05) is 0 Å². The van der Waals surface area contributed by atoms with E-state index in [9.17, 15) is 4.79 Å². The van der Waals surface area contributed by atoms with Gasteiger partial charge < -0.3 is 0 Å². The molecule has 0 bridgehead atoms. The van der Waals surface area contributed by atoms with Crippen LogP contribution in [0.25, 0.3) is 0 Å². The minimum absolute atomic E-state index is 0.00636. The lowest BCUT2D eigenvalue weighted by atomic mass is 10.1. The van der Waals surface area contributed by atoms with Crippen LogP contribution in [0.3, 0.4) is 0 Å². The highest BCUT2D eigenvalue weighted by atomic mass is 79.9. The minimum atomic E-state index is -0.00636. The average Bonchev–Trinajstić information content (AvgIpc) is 2.77. The maximum atomic E-state index is 12.0. The normalized spacial score (nSPS) is 10.5. The molecular weight excluding hydrogens is 282 g/mol. The van der Waals surface area contributed by atoms with E-state index in [1.165, 1.54) is 0 Å². The molecule has 2 heterocycles. The van der Waals surface area contributed by atoms with Crippen LogP contribution >= 0.6 is 15.9 Å². The first kappa shape index (κ1) is 12.0. The fraction of sp³-hybridized carbons (Fsp3) is 0.250. The Morgan fingerprint density at radius 2 is 2.35 bits per heavy atom. The first-order valence-corrected chi connectivity index (χ1v) is 6.15. The molecule has 0 aliphatic rings. The van der Waals surface area contributed by atoms with Crippen LogP contribution < -0.4 is 0 Å². The second-order valence-electron chi connectivity index (χ2n) is 3.64. The molecule has 17 heavy (non-hydrogen) atoms. The van der Waals surface area contributed by atoms with Gasteiger partial charge in [-0.15, -0.1) is 0 Å². The Kier molecular flexibility index (Phi) is 3.68. The van der Waals surface area contributed by atoms with Crippen LogP contribution in [0, 0.1) is 0 Å². The first-order chi connectivity index (χ1) is 8.20. The summed E-state index contributed by atoms with van der Waals surface area (Å²) in [5.41, 5.74) is 1.38. The number of halogens is 1. The summed E-state index contributed by atoms with van der Waals surface area (Å²) in [7, 11) is 0. The number of aromatic nitrogens is 3. The second kappa shape index (κ2) is 5.23. The number of carbonyl (C=O) groups excluding carboxylic acids is 1. The molecule has 2 aromatic rings. The van der Waals surface area contributed by atoms with Crippen molar-refractivity contribution in [3.63, 3.8) is 0 Å². The number of Topliss-reactive ketones (excluding diaryl/α,β-unsaturated/α-hetero) is 1. The van der Waals surface area contributed by atoms with Gasteiger partial charge in [0.15, 0.2) is 5.78 Å². The number of aryl methyl sites for hydroxylation is 1. The summed E-state index contributed by atoms with van der Waals surface area (Å²) in [6.45, 7) is 2.81. The molecule has 0 radical (unpaired) electrons. The number of hydrogen-bond acceptors (Lipinski definition) is 3. The van der Waals surface area contributed by atoms with Gasteiger partial charge in [-0.2, -0.15) is 5.10 Å². The number of nitrogens with zero attached hydrogens (tertiary/aromatic N) is 3. The van der Waals surface area contributed by atoms with E-state index < -0.39 is 0 Å². The molecule has 2 aromatic heterocycles. The van der Waals surface area contributed by atoms with E-state index >= 15 is 0 Å². The van der Waals surface area contributed by atoms with E-state index in [4.69, 9.17) is 0 Å².